The minimum absolute atomic E-state index is 0.284. The second-order valence-corrected chi connectivity index (χ2v) is 7.15. The van der Waals surface area contributed by atoms with Crippen molar-refractivity contribution in [3.8, 4) is 0 Å². The number of benzene rings is 1. The molecule has 4 amide bonds. The molecule has 0 unspecified atom stereocenters. The molecule has 1 aliphatic heterocycles. The number of esters is 1. The molecule has 0 saturated carbocycles. The molecule has 1 spiro atoms. The third-order valence-corrected chi connectivity index (χ3v) is 5.22. The summed E-state index contributed by atoms with van der Waals surface area (Å²) < 4.78 is 9.91. The predicted molar refractivity (Wildman–Crippen MR) is 102 cm³/mol. The van der Waals surface area contributed by atoms with E-state index in [1.165, 1.54) is 14.0 Å². The number of ether oxygens (including phenoxy) is 2. The molecule has 1 aliphatic carbocycles. The molecule has 1 saturated heterocycles. The van der Waals surface area contributed by atoms with Crippen molar-refractivity contribution in [2.75, 3.05) is 26.8 Å². The zero-order valence-electron chi connectivity index (χ0n) is 16.5. The molecule has 1 heterocycles. The number of urea groups is 1. The van der Waals surface area contributed by atoms with Gasteiger partial charge in [0.1, 0.15) is 12.1 Å². The van der Waals surface area contributed by atoms with Gasteiger partial charge in [0.25, 0.3) is 11.8 Å². The highest BCUT2D eigenvalue weighted by atomic mass is 16.5. The minimum Gasteiger partial charge on any atom is -0.451 e. The fourth-order valence-corrected chi connectivity index (χ4v) is 3.79. The number of nitrogens with zero attached hydrogens (tertiary/aromatic N) is 1. The van der Waals surface area contributed by atoms with Gasteiger partial charge in [0.05, 0.1) is 6.61 Å². The smallest absolute Gasteiger partial charge is 0.327 e. The Morgan fingerprint density at radius 2 is 2.07 bits per heavy atom. The van der Waals surface area contributed by atoms with E-state index in [1.807, 2.05) is 24.3 Å². The summed E-state index contributed by atoms with van der Waals surface area (Å²) >= 11 is 0. The van der Waals surface area contributed by atoms with Gasteiger partial charge in [-0.05, 0) is 37.3 Å². The highest BCUT2D eigenvalue weighted by molar-refractivity contribution is 6.09. The van der Waals surface area contributed by atoms with Crippen LogP contribution in [0.1, 0.15) is 30.9 Å². The van der Waals surface area contributed by atoms with E-state index in [1.54, 1.807) is 0 Å². The van der Waals surface area contributed by atoms with Gasteiger partial charge in [0.15, 0.2) is 6.10 Å². The Hall–Kier alpha value is -2.94. The molecule has 0 radical (unpaired) electrons. The van der Waals surface area contributed by atoms with E-state index in [0.29, 0.717) is 13.0 Å². The Balaban J connectivity index is 1.66. The van der Waals surface area contributed by atoms with E-state index in [0.717, 1.165) is 28.9 Å². The van der Waals surface area contributed by atoms with E-state index >= 15 is 0 Å². The molecular weight excluding hydrogens is 378 g/mol. The highest BCUT2D eigenvalue weighted by Gasteiger charge is 2.54. The minimum atomic E-state index is -1.14. The number of methoxy groups -OCH3 is 1. The van der Waals surface area contributed by atoms with Crippen molar-refractivity contribution in [2.45, 2.75) is 37.8 Å². The van der Waals surface area contributed by atoms with Gasteiger partial charge in [-0.3, -0.25) is 19.3 Å². The number of imide groups is 1. The summed E-state index contributed by atoms with van der Waals surface area (Å²) in [6.07, 6.45) is 1.00. The van der Waals surface area contributed by atoms with Gasteiger partial charge in [-0.2, -0.15) is 0 Å². The average molecular weight is 403 g/mol. The number of nitrogens with one attached hydrogen (secondary N) is 2. The fourth-order valence-electron chi connectivity index (χ4n) is 3.79. The first-order chi connectivity index (χ1) is 13.9. The molecule has 156 valence electrons. The van der Waals surface area contributed by atoms with E-state index in [4.69, 9.17) is 9.47 Å². The fraction of sp³-hybridized carbons (Fsp3) is 0.500. The van der Waals surface area contributed by atoms with Crippen molar-refractivity contribution in [1.29, 1.82) is 0 Å². The van der Waals surface area contributed by atoms with Crippen molar-refractivity contribution < 1.29 is 28.7 Å². The second-order valence-electron chi connectivity index (χ2n) is 7.15. The molecule has 0 bridgehead atoms. The van der Waals surface area contributed by atoms with E-state index in [9.17, 15) is 19.2 Å². The first-order valence-electron chi connectivity index (χ1n) is 9.57. The number of carbonyl (C=O) groups excluding carboxylic acids is 4. The summed E-state index contributed by atoms with van der Waals surface area (Å²) in [7, 11) is 1.51. The summed E-state index contributed by atoms with van der Waals surface area (Å²) in [5.74, 6) is -1.78. The van der Waals surface area contributed by atoms with E-state index in [-0.39, 0.29) is 6.54 Å². The normalized spacial score (nSPS) is 21.5. The van der Waals surface area contributed by atoms with Crippen LogP contribution in [0.3, 0.4) is 0 Å². The van der Waals surface area contributed by atoms with Crippen LogP contribution in [0.4, 0.5) is 4.79 Å². The topological polar surface area (TPSA) is 114 Å². The third kappa shape index (κ3) is 4.09. The maximum Gasteiger partial charge on any atom is 0.327 e. The Morgan fingerprint density at radius 3 is 2.83 bits per heavy atom. The Morgan fingerprint density at radius 1 is 1.31 bits per heavy atom. The van der Waals surface area contributed by atoms with Gasteiger partial charge >= 0.3 is 12.0 Å². The quantitative estimate of drug-likeness (QED) is 0.389. The number of aryl methyl sites for hydroxylation is 1. The van der Waals surface area contributed by atoms with Gasteiger partial charge in [-0.15, -0.1) is 0 Å². The van der Waals surface area contributed by atoms with Crippen molar-refractivity contribution in [1.82, 2.24) is 15.5 Å². The average Bonchev–Trinajstić information content (AvgIpc) is 2.93. The van der Waals surface area contributed by atoms with Crippen molar-refractivity contribution in [3.05, 3.63) is 35.4 Å². The van der Waals surface area contributed by atoms with Crippen LogP contribution in [0.25, 0.3) is 0 Å². The summed E-state index contributed by atoms with van der Waals surface area (Å²) in [6.45, 7) is 1.49. The summed E-state index contributed by atoms with van der Waals surface area (Å²) in [5, 5.41) is 5.33. The van der Waals surface area contributed by atoms with Crippen LogP contribution in [-0.2, 0) is 35.8 Å². The maximum atomic E-state index is 13.1. The van der Waals surface area contributed by atoms with Gasteiger partial charge in [0.2, 0.25) is 0 Å². The molecule has 9 nitrogen and oxygen atoms in total. The first kappa shape index (κ1) is 20.8. The molecular formula is C20H25N3O6. The van der Waals surface area contributed by atoms with Gasteiger partial charge in [-0.1, -0.05) is 24.3 Å². The standard InChI is InChI=1S/C20H25N3O6/c1-13(17(25)21-10-11-28-2)29-16(24)12-23-18(26)20(22-19(23)27)9-5-7-14-6-3-4-8-15(14)20/h3-4,6,8,13H,5,7,9-12H2,1-2H3,(H,21,25)(H,22,27)/t13-,20-/m0/s1. The summed E-state index contributed by atoms with van der Waals surface area (Å²) in [6, 6.07) is 6.86. The Bertz CT molecular complexity index is 826. The van der Waals surface area contributed by atoms with Crippen LogP contribution in [0, 0.1) is 0 Å². The number of hydrogen-bond donors (Lipinski definition) is 2. The highest BCUT2D eigenvalue weighted by Crippen LogP contribution is 2.39. The lowest BCUT2D eigenvalue weighted by Crippen LogP contribution is -2.47. The van der Waals surface area contributed by atoms with Gasteiger partial charge in [0, 0.05) is 13.7 Å². The lowest BCUT2D eigenvalue weighted by Gasteiger charge is -2.33. The van der Waals surface area contributed by atoms with Crippen molar-refractivity contribution in [3.63, 3.8) is 0 Å². The van der Waals surface area contributed by atoms with Crippen LogP contribution in [0.5, 0.6) is 0 Å². The SMILES string of the molecule is COCCNC(=O)[C@H](C)OC(=O)CN1C(=O)N[C@]2(CCCc3ccccc32)C1=O. The largest absolute Gasteiger partial charge is 0.451 e. The van der Waals surface area contributed by atoms with Crippen LogP contribution in [0.2, 0.25) is 0 Å². The summed E-state index contributed by atoms with van der Waals surface area (Å²) in [4.78, 5) is 50.6. The van der Waals surface area contributed by atoms with Crippen LogP contribution >= 0.6 is 0 Å². The number of rotatable bonds is 7. The van der Waals surface area contributed by atoms with E-state index in [2.05, 4.69) is 10.6 Å². The predicted octanol–water partition coefficient (Wildman–Crippen LogP) is 0.464. The second kappa shape index (κ2) is 8.60. The van der Waals surface area contributed by atoms with Crippen LogP contribution < -0.4 is 10.6 Å². The van der Waals surface area contributed by atoms with Gasteiger partial charge < -0.3 is 20.1 Å². The number of amides is 4. The lowest BCUT2D eigenvalue weighted by atomic mass is 9.76. The van der Waals surface area contributed by atoms with Gasteiger partial charge in [-0.25, -0.2) is 4.79 Å². The zero-order valence-corrected chi connectivity index (χ0v) is 16.5. The Kier molecular flexibility index (Phi) is 6.17. The molecule has 1 aromatic rings. The van der Waals surface area contributed by atoms with Crippen LogP contribution in [-0.4, -0.2) is 61.6 Å². The molecule has 2 atom stereocenters. The molecule has 9 heteroatoms. The van der Waals surface area contributed by atoms with Crippen LogP contribution in [0.15, 0.2) is 24.3 Å². The third-order valence-electron chi connectivity index (χ3n) is 5.22. The zero-order chi connectivity index (χ0) is 21.0. The molecule has 2 N–H and O–H groups in total. The number of carbonyl (C=O) groups is 4. The molecule has 1 fully saturated rings. The first-order valence-corrected chi connectivity index (χ1v) is 9.57. The number of hydrogen-bond acceptors (Lipinski definition) is 6. The molecule has 1 aromatic carbocycles. The summed E-state index contributed by atoms with van der Waals surface area (Å²) in [5.41, 5.74) is 0.638. The van der Waals surface area contributed by atoms with E-state index < -0.39 is 42.0 Å². The maximum absolute atomic E-state index is 13.1. The molecule has 29 heavy (non-hydrogen) atoms. The molecule has 0 aromatic heterocycles. The lowest BCUT2D eigenvalue weighted by molar-refractivity contribution is -0.156. The van der Waals surface area contributed by atoms with Crippen molar-refractivity contribution in [2.24, 2.45) is 0 Å². The monoisotopic (exact) mass is 403 g/mol. The number of fused-ring (bicyclic) bond motifs is 2. The molecule has 3 rings (SSSR count). The van der Waals surface area contributed by atoms with Crippen molar-refractivity contribution >= 4 is 23.8 Å². The Labute approximate surface area is 168 Å². The molecule has 2 aliphatic rings.